The van der Waals surface area contributed by atoms with Gasteiger partial charge in [-0.05, 0) is 6.92 Å². The van der Waals surface area contributed by atoms with Crippen molar-refractivity contribution in [2.75, 3.05) is 19.7 Å². The minimum Gasteiger partial charge on any atom is -0.366 e. The number of nitrogens with zero attached hydrogens (tertiary/aromatic N) is 2. The van der Waals surface area contributed by atoms with Crippen molar-refractivity contribution in [3.05, 3.63) is 11.7 Å². The molecule has 1 aliphatic heterocycles. The maximum atomic E-state index is 5.62. The molecule has 78 valence electrons. The molecule has 0 amide bonds. The maximum Gasteiger partial charge on any atom is 0.257 e. The molecule has 0 spiro atoms. The fraction of sp³-hybridized carbons (Fsp3) is 0.750. The van der Waals surface area contributed by atoms with Gasteiger partial charge in [0.2, 0.25) is 0 Å². The number of nitrogens with two attached hydrogens (primary N) is 1. The van der Waals surface area contributed by atoms with Gasteiger partial charge < -0.3 is 20.3 Å². The van der Waals surface area contributed by atoms with Gasteiger partial charge >= 0.3 is 0 Å². The van der Waals surface area contributed by atoms with E-state index >= 15 is 0 Å². The number of nitrogens with one attached hydrogen (secondary N) is 1. The molecule has 0 aromatic carbocycles. The maximum absolute atomic E-state index is 5.62. The molecule has 2 heterocycles. The Bertz CT molecular complexity index is 293. The van der Waals surface area contributed by atoms with Crippen LogP contribution in [0.3, 0.4) is 0 Å². The Labute approximate surface area is 81.8 Å². The molecule has 3 N–H and O–H groups in total. The zero-order valence-corrected chi connectivity index (χ0v) is 8.06. The van der Waals surface area contributed by atoms with Crippen LogP contribution < -0.4 is 11.1 Å². The lowest BCUT2D eigenvalue weighted by Gasteiger charge is -2.19. The number of hydrogen-bond acceptors (Lipinski definition) is 6. The number of ether oxygens (including phenoxy) is 1. The third-order valence-electron chi connectivity index (χ3n) is 2.07. The number of morpholine rings is 1. The third-order valence-corrected chi connectivity index (χ3v) is 2.07. The molecule has 2 rings (SSSR count). The molecule has 0 saturated carbocycles. The smallest absolute Gasteiger partial charge is 0.257 e. The zero-order chi connectivity index (χ0) is 9.97. The van der Waals surface area contributed by atoms with Crippen LogP contribution in [0.4, 0.5) is 0 Å². The largest absolute Gasteiger partial charge is 0.366 e. The minimum absolute atomic E-state index is 0.135. The van der Waals surface area contributed by atoms with Gasteiger partial charge in [-0.25, -0.2) is 0 Å². The van der Waals surface area contributed by atoms with Gasteiger partial charge in [0.15, 0.2) is 5.82 Å². The van der Waals surface area contributed by atoms with Gasteiger partial charge in [-0.2, -0.15) is 4.98 Å². The first-order valence-electron chi connectivity index (χ1n) is 4.69. The Morgan fingerprint density at radius 3 is 3.07 bits per heavy atom. The van der Waals surface area contributed by atoms with Crippen LogP contribution in [-0.4, -0.2) is 29.8 Å². The quantitative estimate of drug-likeness (QED) is 0.681. The molecule has 2 atom stereocenters. The van der Waals surface area contributed by atoms with E-state index in [9.17, 15) is 0 Å². The Morgan fingerprint density at radius 1 is 1.64 bits per heavy atom. The molecule has 1 aromatic rings. The molecule has 14 heavy (non-hydrogen) atoms. The fourth-order valence-electron chi connectivity index (χ4n) is 1.29. The van der Waals surface area contributed by atoms with Crippen LogP contribution in [0.25, 0.3) is 0 Å². The summed E-state index contributed by atoms with van der Waals surface area (Å²) >= 11 is 0. The molecular weight excluding hydrogens is 184 g/mol. The molecule has 1 aliphatic rings. The van der Waals surface area contributed by atoms with Crippen LogP contribution in [0.2, 0.25) is 0 Å². The Morgan fingerprint density at radius 2 is 2.50 bits per heavy atom. The highest BCUT2D eigenvalue weighted by Crippen LogP contribution is 2.17. The summed E-state index contributed by atoms with van der Waals surface area (Å²) in [4.78, 5) is 4.17. The standard InChI is InChI=1S/C8H14N4O2/c1-5(9)7-11-8(14-12-7)6-4-10-2-3-13-6/h5-6,10H,2-4,9H2,1H3/t5?,6-/m1/s1. The molecule has 1 aromatic heterocycles. The SMILES string of the molecule is CC(N)c1noc([C@H]2CNCCO2)n1. The molecule has 0 bridgehead atoms. The van der Waals surface area contributed by atoms with Crippen molar-refractivity contribution in [3.8, 4) is 0 Å². The average Bonchev–Trinajstić information content (AvgIpc) is 2.68. The van der Waals surface area contributed by atoms with E-state index in [0.29, 0.717) is 24.9 Å². The van der Waals surface area contributed by atoms with Crippen molar-refractivity contribution in [1.29, 1.82) is 0 Å². The van der Waals surface area contributed by atoms with E-state index in [0.717, 1.165) is 6.54 Å². The van der Waals surface area contributed by atoms with E-state index in [2.05, 4.69) is 15.5 Å². The molecule has 1 unspecified atom stereocenters. The van der Waals surface area contributed by atoms with Crippen LogP contribution in [0.1, 0.15) is 30.8 Å². The van der Waals surface area contributed by atoms with Gasteiger partial charge in [0, 0.05) is 13.1 Å². The van der Waals surface area contributed by atoms with Gasteiger partial charge in [0.05, 0.1) is 12.6 Å². The average molecular weight is 198 g/mol. The van der Waals surface area contributed by atoms with Crippen molar-refractivity contribution >= 4 is 0 Å². The molecule has 6 heteroatoms. The van der Waals surface area contributed by atoms with Crippen molar-refractivity contribution in [2.45, 2.75) is 19.1 Å². The van der Waals surface area contributed by atoms with Crippen molar-refractivity contribution in [2.24, 2.45) is 5.73 Å². The van der Waals surface area contributed by atoms with E-state index in [-0.39, 0.29) is 12.1 Å². The van der Waals surface area contributed by atoms with Crippen molar-refractivity contribution < 1.29 is 9.26 Å². The molecule has 0 aliphatic carbocycles. The Hall–Kier alpha value is -0.980. The highest BCUT2D eigenvalue weighted by Gasteiger charge is 2.22. The summed E-state index contributed by atoms with van der Waals surface area (Å²) in [5.41, 5.74) is 5.62. The first kappa shape index (κ1) is 9.57. The van der Waals surface area contributed by atoms with E-state index in [1.807, 2.05) is 6.92 Å². The molecule has 6 nitrogen and oxygen atoms in total. The first-order valence-corrected chi connectivity index (χ1v) is 4.69. The summed E-state index contributed by atoms with van der Waals surface area (Å²) in [6.07, 6.45) is -0.135. The van der Waals surface area contributed by atoms with Gasteiger partial charge in [-0.3, -0.25) is 0 Å². The summed E-state index contributed by atoms with van der Waals surface area (Å²) in [5, 5.41) is 6.96. The number of aromatic nitrogens is 2. The summed E-state index contributed by atoms with van der Waals surface area (Å²) in [5.74, 6) is 1.03. The lowest BCUT2D eigenvalue weighted by Crippen LogP contribution is -2.33. The fourth-order valence-corrected chi connectivity index (χ4v) is 1.29. The topological polar surface area (TPSA) is 86.2 Å². The highest BCUT2D eigenvalue weighted by molar-refractivity contribution is 4.95. The molecular formula is C8H14N4O2. The second-order valence-corrected chi connectivity index (χ2v) is 3.34. The first-order chi connectivity index (χ1) is 6.77. The predicted octanol–water partition coefficient (Wildman–Crippen LogP) is -0.250. The lowest BCUT2D eigenvalue weighted by molar-refractivity contribution is 0.00755. The van der Waals surface area contributed by atoms with Gasteiger partial charge in [-0.15, -0.1) is 0 Å². The van der Waals surface area contributed by atoms with E-state index in [1.165, 1.54) is 0 Å². The molecule has 1 fully saturated rings. The second-order valence-electron chi connectivity index (χ2n) is 3.34. The van der Waals surface area contributed by atoms with Gasteiger partial charge in [-0.1, -0.05) is 5.16 Å². The minimum atomic E-state index is -0.205. The summed E-state index contributed by atoms with van der Waals surface area (Å²) in [6, 6.07) is -0.205. The van der Waals surface area contributed by atoms with Gasteiger partial charge in [0.1, 0.15) is 6.10 Å². The Balaban J connectivity index is 2.07. The van der Waals surface area contributed by atoms with Crippen molar-refractivity contribution in [1.82, 2.24) is 15.5 Å². The lowest BCUT2D eigenvalue weighted by atomic mass is 10.3. The Kier molecular flexibility index (Phi) is 2.76. The molecule has 0 radical (unpaired) electrons. The second kappa shape index (κ2) is 4.04. The third kappa shape index (κ3) is 1.92. The predicted molar refractivity (Wildman–Crippen MR) is 48.5 cm³/mol. The zero-order valence-electron chi connectivity index (χ0n) is 8.06. The van der Waals surface area contributed by atoms with E-state index in [1.54, 1.807) is 0 Å². The van der Waals surface area contributed by atoms with Crippen LogP contribution in [0, 0.1) is 0 Å². The summed E-state index contributed by atoms with van der Waals surface area (Å²) < 4.78 is 10.5. The number of rotatable bonds is 2. The van der Waals surface area contributed by atoms with Crippen LogP contribution in [0.5, 0.6) is 0 Å². The normalized spacial score (nSPS) is 24.9. The molecule has 1 saturated heterocycles. The van der Waals surface area contributed by atoms with Gasteiger partial charge in [0.25, 0.3) is 5.89 Å². The highest BCUT2D eigenvalue weighted by atomic mass is 16.5. The van der Waals surface area contributed by atoms with Crippen LogP contribution in [-0.2, 0) is 4.74 Å². The van der Waals surface area contributed by atoms with E-state index < -0.39 is 0 Å². The van der Waals surface area contributed by atoms with E-state index in [4.69, 9.17) is 15.0 Å². The number of hydrogen-bond donors (Lipinski definition) is 2. The van der Waals surface area contributed by atoms with Crippen LogP contribution in [0.15, 0.2) is 4.52 Å². The van der Waals surface area contributed by atoms with Crippen molar-refractivity contribution in [3.63, 3.8) is 0 Å². The van der Waals surface area contributed by atoms with Crippen LogP contribution >= 0.6 is 0 Å². The monoisotopic (exact) mass is 198 g/mol. The summed E-state index contributed by atoms with van der Waals surface area (Å²) in [6.45, 7) is 4.06. The summed E-state index contributed by atoms with van der Waals surface area (Å²) in [7, 11) is 0.